The molecule has 0 radical (unpaired) electrons. The van der Waals surface area contributed by atoms with Crippen molar-refractivity contribution < 1.29 is 14.7 Å². The third kappa shape index (κ3) is 3.93. The summed E-state index contributed by atoms with van der Waals surface area (Å²) in [5.41, 5.74) is 1.39. The number of carbonyl (C=O) groups excluding carboxylic acids is 2. The van der Waals surface area contributed by atoms with Crippen molar-refractivity contribution in [1.29, 1.82) is 0 Å². The van der Waals surface area contributed by atoms with E-state index in [1.165, 1.54) is 0 Å². The summed E-state index contributed by atoms with van der Waals surface area (Å²) in [7, 11) is 0. The molecule has 1 aromatic heterocycles. The van der Waals surface area contributed by atoms with Crippen molar-refractivity contribution >= 4 is 33.4 Å². The van der Waals surface area contributed by atoms with Gasteiger partial charge in [0.2, 0.25) is 0 Å². The molecule has 1 aliphatic rings. The van der Waals surface area contributed by atoms with Gasteiger partial charge < -0.3 is 14.6 Å². The molecule has 1 amide bonds. The quantitative estimate of drug-likeness (QED) is 0.337. The van der Waals surface area contributed by atoms with Crippen LogP contribution in [0, 0.1) is 0 Å². The molecule has 2 aromatic carbocycles. The highest BCUT2D eigenvalue weighted by atomic mass is 79.9. The van der Waals surface area contributed by atoms with Crippen LogP contribution in [0.1, 0.15) is 23.6 Å². The number of likely N-dealkylation sites (tertiary alicyclic amines) is 1. The molecule has 4 rings (SSSR count). The van der Waals surface area contributed by atoms with Gasteiger partial charge in [-0.15, -0.1) is 0 Å². The van der Waals surface area contributed by atoms with E-state index in [2.05, 4.69) is 20.9 Å². The average Bonchev–Trinajstić information content (AvgIpc) is 3.36. The van der Waals surface area contributed by atoms with Gasteiger partial charge in [0.05, 0.1) is 17.9 Å². The molecule has 152 valence electrons. The van der Waals surface area contributed by atoms with Crippen LogP contribution in [0.15, 0.2) is 83.4 Å². The molecule has 7 heteroatoms. The fourth-order valence-electron chi connectivity index (χ4n) is 3.73. The highest BCUT2D eigenvalue weighted by Crippen LogP contribution is 2.40. The van der Waals surface area contributed by atoms with Crippen LogP contribution < -0.4 is 0 Å². The Morgan fingerprint density at radius 2 is 1.87 bits per heavy atom. The molecule has 0 bridgehead atoms. The van der Waals surface area contributed by atoms with Crippen molar-refractivity contribution in [3.8, 4) is 0 Å². The third-order valence-electron chi connectivity index (χ3n) is 5.13. The standard InChI is InChI=1S/C23H20BrN3O3/c24-18-9-4-8-17(14-18)20-19(21(28)16-6-2-1-3-7-16)22(29)23(30)27(20)12-5-11-26-13-10-25-15-26/h1-4,6-10,13-15,20,28H,5,11-12H2/b21-19+/t20-/m0/s1. The third-order valence-corrected chi connectivity index (χ3v) is 5.62. The molecule has 0 saturated carbocycles. The summed E-state index contributed by atoms with van der Waals surface area (Å²) < 4.78 is 2.76. The number of aliphatic hydroxyl groups excluding tert-OH is 1. The Morgan fingerprint density at radius 1 is 1.07 bits per heavy atom. The zero-order valence-corrected chi connectivity index (χ0v) is 17.7. The molecule has 6 nitrogen and oxygen atoms in total. The summed E-state index contributed by atoms with van der Waals surface area (Å²) in [6.45, 7) is 1.05. The summed E-state index contributed by atoms with van der Waals surface area (Å²) >= 11 is 3.46. The maximum Gasteiger partial charge on any atom is 0.295 e. The Bertz CT molecular complexity index is 1090. The lowest BCUT2D eigenvalue weighted by atomic mass is 9.95. The van der Waals surface area contributed by atoms with E-state index in [1.54, 1.807) is 41.7 Å². The number of ketones is 1. The van der Waals surface area contributed by atoms with Crippen LogP contribution in [-0.2, 0) is 16.1 Å². The number of halogens is 1. The molecule has 1 fully saturated rings. The molecule has 0 unspecified atom stereocenters. The minimum absolute atomic E-state index is 0.118. The highest BCUT2D eigenvalue weighted by Gasteiger charge is 2.45. The monoisotopic (exact) mass is 465 g/mol. The normalized spacial score (nSPS) is 18.2. The molecule has 1 atom stereocenters. The first-order chi connectivity index (χ1) is 14.6. The summed E-state index contributed by atoms with van der Waals surface area (Å²) in [6.07, 6.45) is 5.93. The summed E-state index contributed by atoms with van der Waals surface area (Å²) in [5, 5.41) is 11.0. The summed E-state index contributed by atoms with van der Waals surface area (Å²) in [6, 6.07) is 15.7. The fraction of sp³-hybridized carbons (Fsp3) is 0.174. The number of rotatable bonds is 6. The number of carbonyl (C=O) groups is 2. The van der Waals surface area contributed by atoms with Crippen LogP contribution >= 0.6 is 15.9 Å². The van der Waals surface area contributed by atoms with Gasteiger partial charge in [0.25, 0.3) is 11.7 Å². The van der Waals surface area contributed by atoms with E-state index in [0.29, 0.717) is 25.1 Å². The number of hydrogen-bond donors (Lipinski definition) is 1. The van der Waals surface area contributed by atoms with Crippen molar-refractivity contribution in [3.63, 3.8) is 0 Å². The number of imidazole rings is 1. The van der Waals surface area contributed by atoms with E-state index < -0.39 is 17.7 Å². The van der Waals surface area contributed by atoms with E-state index in [1.807, 2.05) is 41.1 Å². The van der Waals surface area contributed by atoms with Crippen molar-refractivity contribution in [3.05, 3.63) is 94.5 Å². The number of hydrogen-bond acceptors (Lipinski definition) is 4. The van der Waals surface area contributed by atoms with Gasteiger partial charge in [0.15, 0.2) is 0 Å². The Balaban J connectivity index is 1.73. The Labute approximate surface area is 182 Å². The maximum atomic E-state index is 13.0. The maximum absolute atomic E-state index is 13.0. The number of aryl methyl sites for hydroxylation is 1. The first kappa shape index (κ1) is 20.1. The zero-order valence-electron chi connectivity index (χ0n) is 16.1. The minimum atomic E-state index is -0.663. The van der Waals surface area contributed by atoms with Gasteiger partial charge in [-0.2, -0.15) is 0 Å². The van der Waals surface area contributed by atoms with Gasteiger partial charge in [0, 0.05) is 35.5 Å². The topological polar surface area (TPSA) is 75.4 Å². The Kier molecular flexibility index (Phi) is 5.81. The molecule has 3 aromatic rings. The SMILES string of the molecule is O=C1C(=O)N(CCCn2ccnc2)[C@@H](c2cccc(Br)c2)/C1=C(\O)c1ccccc1. The van der Waals surface area contributed by atoms with E-state index in [4.69, 9.17) is 0 Å². The van der Waals surface area contributed by atoms with Crippen LogP contribution in [-0.4, -0.2) is 37.8 Å². The van der Waals surface area contributed by atoms with Gasteiger partial charge in [0.1, 0.15) is 5.76 Å². The van der Waals surface area contributed by atoms with Gasteiger partial charge >= 0.3 is 0 Å². The molecule has 30 heavy (non-hydrogen) atoms. The molecule has 1 aliphatic heterocycles. The Hall–Kier alpha value is -3.19. The first-order valence-electron chi connectivity index (χ1n) is 9.61. The first-order valence-corrected chi connectivity index (χ1v) is 10.4. The number of Topliss-reactive ketones (excluding diaryl/α,β-unsaturated/α-hetero) is 1. The summed E-state index contributed by atoms with van der Waals surface area (Å²) in [5.74, 6) is -1.41. The van der Waals surface area contributed by atoms with Crippen molar-refractivity contribution in [1.82, 2.24) is 14.5 Å². The lowest BCUT2D eigenvalue weighted by Gasteiger charge is -2.25. The summed E-state index contributed by atoms with van der Waals surface area (Å²) in [4.78, 5) is 31.4. The van der Waals surface area contributed by atoms with Crippen LogP contribution in [0.3, 0.4) is 0 Å². The van der Waals surface area contributed by atoms with Gasteiger partial charge in [-0.3, -0.25) is 9.59 Å². The second kappa shape index (κ2) is 8.67. The Morgan fingerprint density at radius 3 is 2.57 bits per heavy atom. The number of benzene rings is 2. The van der Waals surface area contributed by atoms with Gasteiger partial charge in [-0.05, 0) is 24.1 Å². The van der Waals surface area contributed by atoms with Crippen LogP contribution in [0.2, 0.25) is 0 Å². The average molecular weight is 466 g/mol. The molecular weight excluding hydrogens is 446 g/mol. The predicted octanol–water partition coefficient (Wildman–Crippen LogP) is 4.16. The second-order valence-electron chi connectivity index (χ2n) is 7.07. The smallest absolute Gasteiger partial charge is 0.295 e. The zero-order chi connectivity index (χ0) is 21.1. The highest BCUT2D eigenvalue weighted by molar-refractivity contribution is 9.10. The lowest BCUT2D eigenvalue weighted by Crippen LogP contribution is -2.31. The van der Waals surface area contributed by atoms with Gasteiger partial charge in [-0.1, -0.05) is 58.4 Å². The van der Waals surface area contributed by atoms with Crippen LogP contribution in [0.4, 0.5) is 0 Å². The molecule has 2 heterocycles. The van der Waals surface area contributed by atoms with Crippen molar-refractivity contribution in [2.75, 3.05) is 6.54 Å². The number of aromatic nitrogens is 2. The van der Waals surface area contributed by atoms with Crippen molar-refractivity contribution in [2.45, 2.75) is 19.0 Å². The minimum Gasteiger partial charge on any atom is -0.507 e. The van der Waals surface area contributed by atoms with E-state index in [-0.39, 0.29) is 11.3 Å². The van der Waals surface area contributed by atoms with E-state index in [9.17, 15) is 14.7 Å². The van der Waals surface area contributed by atoms with E-state index >= 15 is 0 Å². The number of aliphatic hydroxyl groups is 1. The molecular formula is C23H20BrN3O3. The molecule has 1 N–H and O–H groups in total. The van der Waals surface area contributed by atoms with E-state index in [0.717, 1.165) is 10.0 Å². The number of amides is 1. The van der Waals surface area contributed by atoms with Crippen LogP contribution in [0.5, 0.6) is 0 Å². The molecule has 0 aliphatic carbocycles. The molecule has 1 saturated heterocycles. The van der Waals surface area contributed by atoms with Gasteiger partial charge in [-0.25, -0.2) is 4.98 Å². The fourth-order valence-corrected chi connectivity index (χ4v) is 4.14. The predicted molar refractivity (Wildman–Crippen MR) is 116 cm³/mol. The number of nitrogens with zero attached hydrogens (tertiary/aromatic N) is 3. The largest absolute Gasteiger partial charge is 0.507 e. The molecule has 0 spiro atoms. The van der Waals surface area contributed by atoms with Crippen LogP contribution in [0.25, 0.3) is 5.76 Å². The second-order valence-corrected chi connectivity index (χ2v) is 7.98. The van der Waals surface area contributed by atoms with Crippen molar-refractivity contribution in [2.24, 2.45) is 0 Å². The lowest BCUT2D eigenvalue weighted by molar-refractivity contribution is -0.139.